The molecule has 0 saturated heterocycles. The number of nitrogens with two attached hydrogens (primary N) is 1. The second-order valence-corrected chi connectivity index (χ2v) is 3.87. The molecule has 0 spiro atoms. The minimum absolute atomic E-state index is 0.332. The van der Waals surface area contributed by atoms with Crippen LogP contribution in [0.2, 0.25) is 0 Å². The molecule has 2 aromatic rings. The number of rotatable bonds is 5. The average Bonchev–Trinajstić information content (AvgIpc) is 2.86. The van der Waals surface area contributed by atoms with E-state index in [4.69, 9.17) is 19.7 Å². The van der Waals surface area contributed by atoms with E-state index in [0.717, 1.165) is 5.56 Å². The number of nitrogens with zero attached hydrogens (tertiary/aromatic N) is 2. The molecule has 0 fully saturated rings. The lowest BCUT2D eigenvalue weighted by Crippen LogP contribution is -2.30. The summed E-state index contributed by atoms with van der Waals surface area (Å²) in [5.74, 6) is 6.96. The van der Waals surface area contributed by atoms with Crippen LogP contribution in [-0.2, 0) is 0 Å². The van der Waals surface area contributed by atoms with Crippen LogP contribution in [0.4, 0.5) is 0 Å². The lowest BCUT2D eigenvalue weighted by molar-refractivity contribution is 0.347. The Hall–Kier alpha value is -2.12. The summed E-state index contributed by atoms with van der Waals surface area (Å²) >= 11 is 0. The van der Waals surface area contributed by atoms with E-state index < -0.39 is 6.04 Å². The third-order valence-electron chi connectivity index (χ3n) is 2.75. The summed E-state index contributed by atoms with van der Waals surface area (Å²) in [6.07, 6.45) is 3.10. The highest BCUT2D eigenvalue weighted by atomic mass is 16.5. The van der Waals surface area contributed by atoms with Crippen LogP contribution >= 0.6 is 0 Å². The maximum Gasteiger partial charge on any atom is 0.240 e. The van der Waals surface area contributed by atoms with Crippen LogP contribution in [0.1, 0.15) is 23.1 Å². The number of ether oxygens (including phenoxy) is 2. The summed E-state index contributed by atoms with van der Waals surface area (Å²) in [5.41, 5.74) is 4.15. The Morgan fingerprint density at radius 3 is 2.68 bits per heavy atom. The number of methoxy groups -OCH3 is 2. The van der Waals surface area contributed by atoms with E-state index in [1.165, 1.54) is 20.4 Å². The smallest absolute Gasteiger partial charge is 0.240 e. The number of hydrogen-bond donors (Lipinski definition) is 2. The van der Waals surface area contributed by atoms with Gasteiger partial charge in [-0.05, 0) is 18.6 Å². The first-order valence-electron chi connectivity index (χ1n) is 5.66. The van der Waals surface area contributed by atoms with Crippen LogP contribution in [0.5, 0.6) is 11.8 Å². The average molecular weight is 264 g/mol. The molecular weight excluding hydrogens is 248 g/mol. The fraction of sp³-hybridized carbons (Fsp3) is 0.333. The Bertz CT molecular complexity index is 556. The lowest BCUT2D eigenvalue weighted by atomic mass is 10.1. The second kappa shape index (κ2) is 5.68. The maximum absolute atomic E-state index is 5.59. The third-order valence-corrected chi connectivity index (χ3v) is 2.75. The molecule has 1 atom stereocenters. The predicted octanol–water partition coefficient (Wildman–Crippen LogP) is 0.948. The van der Waals surface area contributed by atoms with E-state index >= 15 is 0 Å². The summed E-state index contributed by atoms with van der Waals surface area (Å²) in [6.45, 7) is 1.92. The van der Waals surface area contributed by atoms with Crippen LogP contribution in [0.15, 0.2) is 22.9 Å². The van der Waals surface area contributed by atoms with Gasteiger partial charge in [0.15, 0.2) is 0 Å². The van der Waals surface area contributed by atoms with E-state index in [-0.39, 0.29) is 0 Å². The summed E-state index contributed by atoms with van der Waals surface area (Å²) in [4.78, 5) is 8.45. The predicted molar refractivity (Wildman–Crippen MR) is 67.7 cm³/mol. The Morgan fingerprint density at radius 1 is 1.37 bits per heavy atom. The van der Waals surface area contributed by atoms with Gasteiger partial charge < -0.3 is 13.9 Å². The monoisotopic (exact) mass is 264 g/mol. The molecule has 19 heavy (non-hydrogen) atoms. The highest BCUT2D eigenvalue weighted by molar-refractivity contribution is 5.33. The number of hydrazine groups is 1. The van der Waals surface area contributed by atoms with Crippen LogP contribution < -0.4 is 20.7 Å². The summed E-state index contributed by atoms with van der Waals surface area (Å²) in [7, 11) is 3.02. The molecule has 2 aromatic heterocycles. The van der Waals surface area contributed by atoms with Crippen LogP contribution in [0.3, 0.4) is 0 Å². The van der Waals surface area contributed by atoms with E-state index in [1.54, 1.807) is 6.26 Å². The number of hydrogen-bond acceptors (Lipinski definition) is 7. The minimum Gasteiger partial charge on any atom is -0.480 e. The molecule has 0 aliphatic heterocycles. The first-order chi connectivity index (χ1) is 9.21. The van der Waals surface area contributed by atoms with Crippen molar-refractivity contribution in [1.82, 2.24) is 15.4 Å². The van der Waals surface area contributed by atoms with Crippen LogP contribution in [-0.4, -0.2) is 24.2 Å². The molecule has 102 valence electrons. The van der Waals surface area contributed by atoms with Crippen molar-refractivity contribution in [3.8, 4) is 11.8 Å². The molecule has 0 aromatic carbocycles. The van der Waals surface area contributed by atoms with Gasteiger partial charge in [-0.2, -0.15) is 4.98 Å². The molecule has 0 bridgehead atoms. The Labute approximate surface area is 110 Å². The van der Waals surface area contributed by atoms with E-state index in [0.29, 0.717) is 23.2 Å². The molecule has 2 heterocycles. The van der Waals surface area contributed by atoms with E-state index in [2.05, 4.69) is 15.4 Å². The number of furan rings is 1. The van der Waals surface area contributed by atoms with Gasteiger partial charge in [0, 0.05) is 0 Å². The van der Waals surface area contributed by atoms with Crippen LogP contribution in [0, 0.1) is 6.92 Å². The zero-order chi connectivity index (χ0) is 13.8. The van der Waals surface area contributed by atoms with Gasteiger partial charge in [0.2, 0.25) is 11.8 Å². The Morgan fingerprint density at radius 2 is 2.16 bits per heavy atom. The highest BCUT2D eigenvalue weighted by Crippen LogP contribution is 2.29. The standard InChI is InChI=1S/C12H16N4O3/c1-7-4-5-19-11(7)9(16-13)10-12(18-3)15-8(17-2)6-14-10/h4-6,9,16H,13H2,1-3H3. The van der Waals surface area contributed by atoms with Crippen molar-refractivity contribution in [2.75, 3.05) is 14.2 Å². The molecule has 7 nitrogen and oxygen atoms in total. The topological polar surface area (TPSA) is 95.4 Å². The Kier molecular flexibility index (Phi) is 3.98. The SMILES string of the molecule is COc1cnc(C(NN)c2occc2C)c(OC)n1. The van der Waals surface area contributed by atoms with Crippen LogP contribution in [0.25, 0.3) is 0 Å². The quantitative estimate of drug-likeness (QED) is 0.613. The first kappa shape index (κ1) is 13.3. The molecule has 0 radical (unpaired) electrons. The summed E-state index contributed by atoms with van der Waals surface area (Å²) < 4.78 is 15.7. The van der Waals surface area contributed by atoms with Crippen molar-refractivity contribution in [2.45, 2.75) is 13.0 Å². The van der Waals surface area contributed by atoms with Crippen molar-refractivity contribution in [3.05, 3.63) is 35.5 Å². The van der Waals surface area contributed by atoms with Gasteiger partial charge in [-0.3, -0.25) is 5.84 Å². The molecule has 2 rings (SSSR count). The van der Waals surface area contributed by atoms with Gasteiger partial charge in [0.1, 0.15) is 17.5 Å². The van der Waals surface area contributed by atoms with Crippen molar-refractivity contribution in [2.24, 2.45) is 5.84 Å². The zero-order valence-electron chi connectivity index (χ0n) is 11.0. The minimum atomic E-state index is -0.441. The fourth-order valence-corrected chi connectivity index (χ4v) is 1.77. The van der Waals surface area contributed by atoms with Crippen molar-refractivity contribution >= 4 is 0 Å². The molecule has 0 aliphatic rings. The van der Waals surface area contributed by atoms with E-state index in [1.807, 2.05) is 13.0 Å². The van der Waals surface area contributed by atoms with Gasteiger partial charge in [0.25, 0.3) is 0 Å². The maximum atomic E-state index is 5.59. The zero-order valence-corrected chi connectivity index (χ0v) is 11.0. The highest BCUT2D eigenvalue weighted by Gasteiger charge is 2.24. The van der Waals surface area contributed by atoms with Crippen molar-refractivity contribution in [1.29, 1.82) is 0 Å². The van der Waals surface area contributed by atoms with Gasteiger partial charge in [-0.25, -0.2) is 10.4 Å². The number of nitrogens with one attached hydrogen (secondary N) is 1. The third kappa shape index (κ3) is 2.51. The molecule has 1 unspecified atom stereocenters. The lowest BCUT2D eigenvalue weighted by Gasteiger charge is -2.16. The molecule has 0 saturated carbocycles. The summed E-state index contributed by atoms with van der Waals surface area (Å²) in [6, 6.07) is 1.41. The normalized spacial score (nSPS) is 12.2. The molecule has 3 N–H and O–H groups in total. The van der Waals surface area contributed by atoms with Crippen molar-refractivity contribution < 1.29 is 13.9 Å². The van der Waals surface area contributed by atoms with Gasteiger partial charge in [-0.15, -0.1) is 0 Å². The van der Waals surface area contributed by atoms with Gasteiger partial charge >= 0.3 is 0 Å². The molecule has 0 aliphatic carbocycles. The van der Waals surface area contributed by atoms with Crippen molar-refractivity contribution in [3.63, 3.8) is 0 Å². The van der Waals surface area contributed by atoms with E-state index in [9.17, 15) is 0 Å². The number of aryl methyl sites for hydroxylation is 1. The molecular formula is C12H16N4O3. The number of aromatic nitrogens is 2. The molecule has 0 amide bonds. The second-order valence-electron chi connectivity index (χ2n) is 3.87. The van der Waals surface area contributed by atoms with Gasteiger partial charge in [0.05, 0.1) is 26.7 Å². The fourth-order valence-electron chi connectivity index (χ4n) is 1.77. The summed E-state index contributed by atoms with van der Waals surface area (Å²) in [5, 5.41) is 0. The largest absolute Gasteiger partial charge is 0.480 e. The molecule has 7 heteroatoms. The Balaban J connectivity index is 2.46. The van der Waals surface area contributed by atoms with Gasteiger partial charge in [-0.1, -0.05) is 0 Å². The first-order valence-corrected chi connectivity index (χ1v) is 5.66.